The molecule has 2 aromatic carbocycles. The second-order valence-corrected chi connectivity index (χ2v) is 11.8. The molecule has 2 N–H and O–H groups in total. The van der Waals surface area contributed by atoms with Gasteiger partial charge >= 0.3 is 11.9 Å². The lowest BCUT2D eigenvalue weighted by Crippen LogP contribution is -2.01. The summed E-state index contributed by atoms with van der Waals surface area (Å²) in [6, 6.07) is 9.79. The van der Waals surface area contributed by atoms with Crippen molar-refractivity contribution < 1.29 is 36.6 Å². The highest BCUT2D eigenvalue weighted by atomic mass is 79.9. The van der Waals surface area contributed by atoms with Crippen molar-refractivity contribution >= 4 is 76.7 Å². The zero-order chi connectivity index (χ0) is 31.7. The van der Waals surface area contributed by atoms with Crippen LogP contribution in [0.5, 0.6) is 0 Å². The number of methoxy groups -OCH3 is 2. The maximum atomic E-state index is 13.4. The third-order valence-electron chi connectivity index (χ3n) is 6.21. The fourth-order valence-corrected chi connectivity index (χ4v) is 7.39. The minimum Gasteiger partial charge on any atom is -0.465 e. The Morgan fingerprint density at radius 3 is 1.59 bits per heavy atom. The number of rotatable bonds is 4. The first-order valence-corrected chi connectivity index (χ1v) is 14.8. The molecule has 0 saturated heterocycles. The van der Waals surface area contributed by atoms with Crippen LogP contribution in [-0.4, -0.2) is 36.1 Å². The van der Waals surface area contributed by atoms with E-state index in [1.165, 1.54) is 50.9 Å². The van der Waals surface area contributed by atoms with E-state index >= 15 is 0 Å². The van der Waals surface area contributed by atoms with Gasteiger partial charge in [0.05, 0.1) is 39.3 Å². The molecule has 0 amide bonds. The van der Waals surface area contributed by atoms with Crippen molar-refractivity contribution in [2.24, 2.45) is 0 Å². The van der Waals surface area contributed by atoms with Gasteiger partial charge in [-0.2, -0.15) is 0 Å². The number of fused-ring (bicyclic) bond motifs is 2. The van der Waals surface area contributed by atoms with E-state index in [-0.39, 0.29) is 10.6 Å². The summed E-state index contributed by atoms with van der Waals surface area (Å²) in [6.07, 6.45) is 3.00. The van der Waals surface area contributed by atoms with Crippen LogP contribution in [0.1, 0.15) is 19.3 Å². The number of pyridine rings is 2. The fourth-order valence-electron chi connectivity index (χ4n) is 4.31. The van der Waals surface area contributed by atoms with Crippen LogP contribution in [0, 0.1) is 23.3 Å². The molecule has 4 aromatic heterocycles. The largest absolute Gasteiger partial charge is 0.465 e. The second kappa shape index (κ2) is 12.7. The van der Waals surface area contributed by atoms with Gasteiger partial charge in [0, 0.05) is 35.7 Å². The Balaban J connectivity index is 0.000000175. The summed E-state index contributed by atoms with van der Waals surface area (Å²) in [5, 5.41) is 0. The highest BCUT2D eigenvalue weighted by Gasteiger charge is 2.22. The van der Waals surface area contributed by atoms with E-state index in [1.54, 1.807) is 12.1 Å². The molecule has 0 spiro atoms. The number of halogens is 5. The van der Waals surface area contributed by atoms with E-state index in [4.69, 9.17) is 10.5 Å². The molecule has 0 unspecified atom stereocenters. The number of anilines is 1. The number of benzene rings is 2. The van der Waals surface area contributed by atoms with Crippen LogP contribution in [0.2, 0.25) is 0 Å². The van der Waals surface area contributed by atoms with Crippen molar-refractivity contribution in [3.8, 4) is 22.3 Å². The topological polar surface area (TPSA) is 104 Å². The van der Waals surface area contributed by atoms with Crippen LogP contribution >= 0.6 is 38.6 Å². The lowest BCUT2D eigenvalue weighted by atomic mass is 10.1. The van der Waals surface area contributed by atoms with Crippen LogP contribution in [0.4, 0.5) is 23.2 Å². The van der Waals surface area contributed by atoms with Gasteiger partial charge in [-0.1, -0.05) is 0 Å². The fraction of sp³-hybridized carbons (Fsp3) is 0.0667. The van der Waals surface area contributed by atoms with Gasteiger partial charge in [-0.15, -0.1) is 22.7 Å². The normalized spacial score (nSPS) is 10.9. The van der Waals surface area contributed by atoms with Crippen LogP contribution in [0.25, 0.3) is 42.7 Å². The molecule has 7 nitrogen and oxygen atoms in total. The van der Waals surface area contributed by atoms with Crippen LogP contribution in [-0.2, 0) is 9.47 Å². The Kier molecular flexibility index (Phi) is 8.95. The molecule has 224 valence electrons. The predicted octanol–water partition coefficient (Wildman–Crippen LogP) is 8.40. The smallest absolute Gasteiger partial charge is 0.350 e. The number of nitrogens with zero attached hydrogens (tertiary/aromatic N) is 2. The Bertz CT molecular complexity index is 1900. The van der Waals surface area contributed by atoms with Gasteiger partial charge in [-0.25, -0.2) is 27.2 Å². The van der Waals surface area contributed by atoms with Crippen molar-refractivity contribution in [3.05, 3.63) is 98.4 Å². The van der Waals surface area contributed by atoms with Crippen molar-refractivity contribution in [3.63, 3.8) is 0 Å². The molecule has 44 heavy (non-hydrogen) atoms. The minimum atomic E-state index is -0.683. The Labute approximate surface area is 263 Å². The summed E-state index contributed by atoms with van der Waals surface area (Å²) in [6.45, 7) is 0. The molecule has 0 aliphatic carbocycles. The summed E-state index contributed by atoms with van der Waals surface area (Å²) in [4.78, 5) is 32.4. The molecule has 6 aromatic rings. The Hall–Kier alpha value is -4.40. The number of aromatic nitrogens is 2. The predicted molar refractivity (Wildman–Crippen MR) is 165 cm³/mol. The van der Waals surface area contributed by atoms with Gasteiger partial charge < -0.3 is 15.2 Å². The zero-order valence-corrected chi connectivity index (χ0v) is 25.8. The van der Waals surface area contributed by atoms with E-state index in [1.807, 2.05) is 0 Å². The van der Waals surface area contributed by atoms with Crippen LogP contribution < -0.4 is 5.73 Å². The number of thiophene rings is 2. The van der Waals surface area contributed by atoms with Crippen molar-refractivity contribution in [1.82, 2.24) is 9.97 Å². The molecule has 14 heteroatoms. The van der Waals surface area contributed by atoms with Gasteiger partial charge in [-0.05, 0) is 63.5 Å². The first-order valence-electron chi connectivity index (χ1n) is 12.4. The van der Waals surface area contributed by atoms with Crippen LogP contribution in [0.3, 0.4) is 0 Å². The molecule has 0 fully saturated rings. The number of esters is 2. The van der Waals surface area contributed by atoms with E-state index < -0.39 is 35.2 Å². The van der Waals surface area contributed by atoms with Crippen molar-refractivity contribution in [1.29, 1.82) is 0 Å². The maximum Gasteiger partial charge on any atom is 0.350 e. The highest BCUT2D eigenvalue weighted by molar-refractivity contribution is 9.10. The molecular formula is C30H18BrF4N3O4S2. The number of nitrogen functional groups attached to an aromatic ring is 1. The summed E-state index contributed by atoms with van der Waals surface area (Å²) in [5.41, 5.74) is 8.97. The summed E-state index contributed by atoms with van der Waals surface area (Å²) in [7, 11) is 2.54. The summed E-state index contributed by atoms with van der Waals surface area (Å²) < 4.78 is 64.9. The van der Waals surface area contributed by atoms with Gasteiger partial charge in [0.15, 0.2) is 0 Å². The van der Waals surface area contributed by atoms with E-state index in [0.717, 1.165) is 34.8 Å². The third-order valence-corrected chi connectivity index (χ3v) is 9.65. The molecule has 0 aliphatic heterocycles. The average Bonchev–Trinajstić information content (AvgIpc) is 3.52. The number of carbonyl (C=O) groups is 2. The van der Waals surface area contributed by atoms with E-state index in [0.29, 0.717) is 52.0 Å². The molecule has 0 atom stereocenters. The van der Waals surface area contributed by atoms with Gasteiger partial charge in [0.2, 0.25) is 0 Å². The Morgan fingerprint density at radius 2 is 1.11 bits per heavy atom. The Morgan fingerprint density at radius 1 is 0.705 bits per heavy atom. The quantitative estimate of drug-likeness (QED) is 0.145. The lowest BCUT2D eigenvalue weighted by molar-refractivity contribution is 0.0597. The number of ether oxygens (including phenoxy) is 2. The second-order valence-electron chi connectivity index (χ2n) is 8.96. The number of nitrogens with two attached hydrogens (primary N) is 1. The number of carbonyl (C=O) groups excluding carboxylic acids is 2. The van der Waals surface area contributed by atoms with Crippen LogP contribution in [0.15, 0.2) is 65.4 Å². The molecule has 0 radical (unpaired) electrons. The van der Waals surface area contributed by atoms with Gasteiger partial charge in [-0.3, -0.25) is 9.97 Å². The van der Waals surface area contributed by atoms with E-state index in [9.17, 15) is 27.2 Å². The maximum absolute atomic E-state index is 13.4. The minimum absolute atomic E-state index is 0.200. The van der Waals surface area contributed by atoms with Gasteiger partial charge in [0.25, 0.3) is 0 Å². The highest BCUT2D eigenvalue weighted by Crippen LogP contribution is 2.41. The summed E-state index contributed by atoms with van der Waals surface area (Å²) in [5.74, 6) is -3.76. The third kappa shape index (κ3) is 6.00. The monoisotopic (exact) mass is 703 g/mol. The molecule has 6 rings (SSSR count). The van der Waals surface area contributed by atoms with Crippen molar-refractivity contribution in [2.75, 3.05) is 20.0 Å². The summed E-state index contributed by atoms with van der Waals surface area (Å²) >= 11 is 5.57. The molecule has 0 aliphatic rings. The molecule has 0 saturated carbocycles. The molecular weight excluding hydrogens is 686 g/mol. The molecule has 0 bridgehead atoms. The molecule has 4 heterocycles. The number of hydrogen-bond acceptors (Lipinski definition) is 9. The first-order chi connectivity index (χ1) is 21.0. The van der Waals surface area contributed by atoms with Crippen molar-refractivity contribution in [2.45, 2.75) is 0 Å². The SMILES string of the molecule is COC(=O)c1sc2c(-c3cc(F)cc(F)c3)ccnc2c1Br.COC(=O)c1sc2c(-c3cc(F)cc(F)c3)ccnc2c1N. The van der Waals surface area contributed by atoms with E-state index in [2.05, 4.69) is 30.6 Å². The van der Waals surface area contributed by atoms with Gasteiger partial charge in [0.1, 0.15) is 38.5 Å². The zero-order valence-electron chi connectivity index (χ0n) is 22.6. The lowest BCUT2D eigenvalue weighted by Gasteiger charge is -2.04. The number of hydrogen-bond donors (Lipinski definition) is 1. The first kappa shape index (κ1) is 31.0. The average molecular weight is 705 g/mol. The standard InChI is InChI=1S/C15H8BrF2NO2S.C15H10F2N2O2S/c1-21-15(20)14-11(16)12-13(22-14)10(2-3-19-12)7-4-8(17)6-9(18)5-7;1-21-15(20)14-11(18)12-13(22-14)10(2-3-19-12)7-4-8(16)6-9(17)5-7/h2-6H,1H3;2-6H,18H2,1H3.